The molecular formula is C17H15BrN2O4. The maximum absolute atomic E-state index is 12.2. The van der Waals surface area contributed by atoms with Gasteiger partial charge in [-0.15, -0.1) is 0 Å². The number of benzene rings is 2. The number of nitro groups is 1. The zero-order valence-electron chi connectivity index (χ0n) is 12.9. The van der Waals surface area contributed by atoms with Gasteiger partial charge in [0.05, 0.1) is 12.1 Å². The molecule has 0 bridgehead atoms. The van der Waals surface area contributed by atoms with Crippen molar-refractivity contribution in [2.75, 3.05) is 5.32 Å². The number of nitrogens with one attached hydrogen (secondary N) is 1. The van der Waals surface area contributed by atoms with Gasteiger partial charge in [-0.25, -0.2) is 0 Å². The van der Waals surface area contributed by atoms with E-state index < -0.39 is 11.0 Å². The van der Waals surface area contributed by atoms with Crippen LogP contribution in [0.1, 0.15) is 22.7 Å². The molecule has 0 heterocycles. The average molecular weight is 391 g/mol. The van der Waals surface area contributed by atoms with E-state index in [1.165, 1.54) is 18.2 Å². The number of anilines is 1. The molecule has 7 heteroatoms. The Morgan fingerprint density at radius 1 is 1.33 bits per heavy atom. The van der Waals surface area contributed by atoms with Crippen LogP contribution >= 0.6 is 15.9 Å². The van der Waals surface area contributed by atoms with E-state index in [2.05, 4.69) is 21.2 Å². The van der Waals surface area contributed by atoms with E-state index in [1.807, 2.05) is 31.2 Å². The third-order valence-electron chi connectivity index (χ3n) is 3.58. The number of carbonyl (C=O) groups excluding carboxylic acids is 2. The summed E-state index contributed by atoms with van der Waals surface area (Å²) in [4.78, 5) is 33.2. The quantitative estimate of drug-likeness (QED) is 0.464. The average Bonchev–Trinajstić information content (AvgIpc) is 2.52. The number of hydrogen-bond donors (Lipinski definition) is 1. The third kappa shape index (κ3) is 4.26. The smallest absolute Gasteiger partial charge is 0.292 e. The second-order valence-electron chi connectivity index (χ2n) is 5.26. The Labute approximate surface area is 147 Å². The topological polar surface area (TPSA) is 89.3 Å². The number of nitrogens with zero attached hydrogens (tertiary/aromatic N) is 1. The van der Waals surface area contributed by atoms with E-state index in [0.29, 0.717) is 10.2 Å². The predicted molar refractivity (Wildman–Crippen MR) is 93.5 cm³/mol. The molecule has 0 aliphatic carbocycles. The van der Waals surface area contributed by atoms with Crippen molar-refractivity contribution in [2.24, 2.45) is 0 Å². The summed E-state index contributed by atoms with van der Waals surface area (Å²) in [6, 6.07) is 10.6. The van der Waals surface area contributed by atoms with Crippen LogP contribution in [0.5, 0.6) is 0 Å². The van der Waals surface area contributed by atoms with Crippen LogP contribution in [0, 0.1) is 17.0 Å². The Morgan fingerprint density at radius 3 is 2.62 bits per heavy atom. The second kappa shape index (κ2) is 7.83. The highest BCUT2D eigenvalue weighted by molar-refractivity contribution is 9.10. The van der Waals surface area contributed by atoms with Gasteiger partial charge in [-0.3, -0.25) is 19.7 Å². The SMILES string of the molecule is Cc1ccccc1CC(=O)Nc1ccc(C(C=O)[N+](=O)[O-])cc1Br. The summed E-state index contributed by atoms with van der Waals surface area (Å²) < 4.78 is 0.479. The molecule has 0 aliphatic rings. The molecule has 0 aliphatic heterocycles. The summed E-state index contributed by atoms with van der Waals surface area (Å²) >= 11 is 3.27. The number of hydrogen-bond acceptors (Lipinski definition) is 4. The number of halogens is 1. The zero-order chi connectivity index (χ0) is 17.7. The van der Waals surface area contributed by atoms with E-state index >= 15 is 0 Å². The van der Waals surface area contributed by atoms with Crippen LogP contribution in [-0.4, -0.2) is 17.1 Å². The summed E-state index contributed by atoms with van der Waals surface area (Å²) in [5.41, 5.74) is 2.70. The normalized spacial score (nSPS) is 11.6. The van der Waals surface area contributed by atoms with Crippen LogP contribution < -0.4 is 5.32 Å². The minimum absolute atomic E-state index is 0.195. The molecule has 1 amide bonds. The highest BCUT2D eigenvalue weighted by atomic mass is 79.9. The minimum Gasteiger partial charge on any atom is -0.325 e. The predicted octanol–water partition coefficient (Wildman–Crippen LogP) is 3.46. The van der Waals surface area contributed by atoms with Gasteiger partial charge in [0.15, 0.2) is 6.29 Å². The van der Waals surface area contributed by atoms with Gasteiger partial charge in [-0.05, 0) is 52.2 Å². The fourth-order valence-corrected chi connectivity index (χ4v) is 2.74. The van der Waals surface area contributed by atoms with Crippen LogP contribution in [0.15, 0.2) is 46.9 Å². The molecule has 0 saturated carbocycles. The standard InChI is InChI=1S/C17H15BrN2O4/c1-11-4-2-3-5-12(11)9-17(22)19-15-7-6-13(8-14(15)18)16(10-21)20(23)24/h2-8,10,16H,9H2,1H3,(H,19,22). The minimum atomic E-state index is -1.42. The second-order valence-corrected chi connectivity index (χ2v) is 6.11. The largest absolute Gasteiger partial charge is 0.325 e. The van der Waals surface area contributed by atoms with Gasteiger partial charge in [-0.2, -0.15) is 0 Å². The number of rotatable bonds is 6. The van der Waals surface area contributed by atoms with Crippen LogP contribution in [0.3, 0.4) is 0 Å². The lowest BCUT2D eigenvalue weighted by atomic mass is 10.1. The first-order chi connectivity index (χ1) is 11.4. The van der Waals surface area contributed by atoms with Crippen LogP contribution in [-0.2, 0) is 16.0 Å². The molecule has 0 saturated heterocycles. The van der Waals surface area contributed by atoms with Crippen molar-refractivity contribution in [3.05, 3.63) is 73.7 Å². The van der Waals surface area contributed by atoms with E-state index in [-0.39, 0.29) is 24.2 Å². The number of aldehydes is 1. The molecule has 124 valence electrons. The first kappa shape index (κ1) is 17.8. The van der Waals surface area contributed by atoms with Gasteiger partial charge in [0.1, 0.15) is 0 Å². The molecule has 1 unspecified atom stereocenters. The molecule has 2 rings (SSSR count). The molecule has 1 atom stereocenters. The third-order valence-corrected chi connectivity index (χ3v) is 4.23. The molecule has 2 aromatic rings. The van der Waals surface area contributed by atoms with Crippen LogP contribution in [0.2, 0.25) is 0 Å². The lowest BCUT2D eigenvalue weighted by Gasteiger charge is -2.10. The van der Waals surface area contributed by atoms with E-state index in [9.17, 15) is 19.7 Å². The fraction of sp³-hybridized carbons (Fsp3) is 0.176. The summed E-state index contributed by atoms with van der Waals surface area (Å²) in [6.45, 7) is 1.94. The van der Waals surface area contributed by atoms with Gasteiger partial charge in [0.25, 0.3) is 6.04 Å². The van der Waals surface area contributed by atoms with E-state index in [4.69, 9.17) is 0 Å². The lowest BCUT2D eigenvalue weighted by Crippen LogP contribution is -2.16. The van der Waals surface area contributed by atoms with Gasteiger partial charge in [0, 0.05) is 15.0 Å². The Hall–Kier alpha value is -2.54. The Balaban J connectivity index is 2.13. The monoisotopic (exact) mass is 390 g/mol. The van der Waals surface area contributed by atoms with Crippen molar-refractivity contribution < 1.29 is 14.5 Å². The molecule has 0 fully saturated rings. The van der Waals surface area contributed by atoms with Crippen molar-refractivity contribution in [1.82, 2.24) is 0 Å². The van der Waals surface area contributed by atoms with Crippen LogP contribution in [0.4, 0.5) is 5.69 Å². The summed E-state index contributed by atoms with van der Waals surface area (Å²) in [5.74, 6) is -0.195. The van der Waals surface area contributed by atoms with Crippen LogP contribution in [0.25, 0.3) is 0 Å². The maximum Gasteiger partial charge on any atom is 0.292 e. The fourth-order valence-electron chi connectivity index (χ4n) is 2.24. The van der Waals surface area contributed by atoms with Crippen molar-refractivity contribution >= 4 is 33.8 Å². The van der Waals surface area contributed by atoms with Gasteiger partial charge >= 0.3 is 0 Å². The zero-order valence-corrected chi connectivity index (χ0v) is 14.4. The molecule has 24 heavy (non-hydrogen) atoms. The molecule has 0 spiro atoms. The van der Waals surface area contributed by atoms with Crippen molar-refractivity contribution in [3.63, 3.8) is 0 Å². The Bertz CT molecular complexity index is 792. The molecule has 0 radical (unpaired) electrons. The van der Waals surface area contributed by atoms with Gasteiger partial charge in [0.2, 0.25) is 5.91 Å². The molecular weight excluding hydrogens is 376 g/mol. The number of amides is 1. The molecule has 6 nitrogen and oxygen atoms in total. The molecule has 0 aromatic heterocycles. The number of carbonyl (C=O) groups is 2. The van der Waals surface area contributed by atoms with E-state index in [1.54, 1.807) is 0 Å². The van der Waals surface area contributed by atoms with Gasteiger partial charge < -0.3 is 5.32 Å². The highest BCUT2D eigenvalue weighted by Gasteiger charge is 2.22. The molecule has 2 aromatic carbocycles. The summed E-state index contributed by atoms with van der Waals surface area (Å²) in [6.07, 6.45) is 0.505. The van der Waals surface area contributed by atoms with Crippen molar-refractivity contribution in [2.45, 2.75) is 19.4 Å². The summed E-state index contributed by atoms with van der Waals surface area (Å²) in [5, 5.41) is 13.6. The van der Waals surface area contributed by atoms with Gasteiger partial charge in [-0.1, -0.05) is 24.3 Å². The first-order valence-corrected chi connectivity index (χ1v) is 7.94. The van der Waals surface area contributed by atoms with Crippen molar-refractivity contribution in [1.29, 1.82) is 0 Å². The first-order valence-electron chi connectivity index (χ1n) is 7.15. The highest BCUT2D eigenvalue weighted by Crippen LogP contribution is 2.27. The Kier molecular flexibility index (Phi) is 5.81. The van der Waals surface area contributed by atoms with E-state index in [0.717, 1.165) is 11.1 Å². The molecule has 1 N–H and O–H groups in total. The van der Waals surface area contributed by atoms with Crippen molar-refractivity contribution in [3.8, 4) is 0 Å². The maximum atomic E-state index is 12.2. The number of aryl methyl sites for hydroxylation is 1. The summed E-state index contributed by atoms with van der Waals surface area (Å²) in [7, 11) is 0. The Morgan fingerprint density at radius 2 is 2.04 bits per heavy atom. The lowest BCUT2D eigenvalue weighted by molar-refractivity contribution is -0.511.